The third-order valence-electron chi connectivity index (χ3n) is 5.61. The van der Waals surface area contributed by atoms with Gasteiger partial charge in [0.2, 0.25) is 5.88 Å². The molecule has 0 spiro atoms. The molecule has 38 heavy (non-hydrogen) atoms. The van der Waals surface area contributed by atoms with E-state index in [-0.39, 0.29) is 45.2 Å². The van der Waals surface area contributed by atoms with Gasteiger partial charge in [-0.3, -0.25) is 9.59 Å². The zero-order valence-corrected chi connectivity index (χ0v) is 23.5. The van der Waals surface area contributed by atoms with Gasteiger partial charge in [0.25, 0.3) is 11.8 Å². The second kappa shape index (κ2) is 10.5. The molecule has 3 aromatic rings. The molecule has 1 saturated heterocycles. The Bertz CT molecular complexity index is 1510. The number of ether oxygens (including phenoxy) is 1. The molecule has 10 nitrogen and oxygen atoms in total. The number of carbonyl (C=O) groups is 2. The molecule has 1 aromatic carbocycles. The summed E-state index contributed by atoms with van der Waals surface area (Å²) in [5.74, 6) is -0.937. The van der Waals surface area contributed by atoms with E-state index in [1.165, 1.54) is 23.0 Å². The molecule has 4 rings (SSSR count). The summed E-state index contributed by atoms with van der Waals surface area (Å²) in [5.41, 5.74) is 0.513. The van der Waals surface area contributed by atoms with Crippen LogP contribution in [-0.2, 0) is 9.84 Å². The molecule has 0 radical (unpaired) electrons. The van der Waals surface area contributed by atoms with Gasteiger partial charge in [0.1, 0.15) is 11.8 Å². The van der Waals surface area contributed by atoms with Crippen molar-refractivity contribution >= 4 is 50.5 Å². The summed E-state index contributed by atoms with van der Waals surface area (Å²) in [5, 5.41) is 10.6. The van der Waals surface area contributed by atoms with Gasteiger partial charge in [-0.2, -0.15) is 0 Å². The second-order valence-corrected chi connectivity index (χ2v) is 13.1. The quantitative estimate of drug-likeness (QED) is 0.446. The number of anilines is 1. The largest absolute Gasteiger partial charge is 0.472 e. The smallest absolute Gasteiger partial charge is 0.274 e. The standard InChI is InChI=1S/C25H27Cl2N5O5S/c1-14-10-15(26)11-17(23(33)30-25(2,3)4)21(14)29-24(34)19-12-20(37-16-7-9-38(35,36)13-16)31-32(19)22-18(27)6-5-8-28-22/h5-6,8,10-12,16H,7,9,13H2,1-4H3,(H,29,34)(H,30,33). The maximum Gasteiger partial charge on any atom is 0.274 e. The lowest BCUT2D eigenvalue weighted by Crippen LogP contribution is -2.41. The Hall–Kier alpha value is -3.15. The second-order valence-electron chi connectivity index (χ2n) is 10.0. The van der Waals surface area contributed by atoms with Gasteiger partial charge >= 0.3 is 0 Å². The number of nitrogens with zero attached hydrogens (tertiary/aromatic N) is 3. The lowest BCUT2D eigenvalue weighted by Gasteiger charge is -2.22. The lowest BCUT2D eigenvalue weighted by atomic mass is 10.0. The molecule has 2 aromatic heterocycles. The van der Waals surface area contributed by atoms with Crippen LogP contribution in [0, 0.1) is 6.92 Å². The van der Waals surface area contributed by atoms with E-state index >= 15 is 0 Å². The third-order valence-corrected chi connectivity index (χ3v) is 7.86. The van der Waals surface area contributed by atoms with Crippen molar-refractivity contribution in [3.63, 3.8) is 0 Å². The molecule has 1 atom stereocenters. The summed E-state index contributed by atoms with van der Waals surface area (Å²) in [6, 6.07) is 7.72. The fourth-order valence-corrected chi connectivity index (χ4v) is 6.04. The average molecular weight is 580 g/mol. The SMILES string of the molecule is Cc1cc(Cl)cc(C(=O)NC(C)(C)C)c1NC(=O)c1cc(OC2CCS(=O)(=O)C2)nn1-c1ncccc1Cl. The summed E-state index contributed by atoms with van der Waals surface area (Å²) < 4.78 is 30.8. The van der Waals surface area contributed by atoms with Crippen LogP contribution in [0.5, 0.6) is 5.88 Å². The summed E-state index contributed by atoms with van der Waals surface area (Å²) in [4.78, 5) is 30.9. The van der Waals surface area contributed by atoms with E-state index in [1.807, 2.05) is 20.8 Å². The van der Waals surface area contributed by atoms with E-state index in [0.29, 0.717) is 17.0 Å². The molecule has 0 bridgehead atoms. The molecule has 1 fully saturated rings. The molecule has 13 heteroatoms. The maximum absolute atomic E-state index is 13.6. The van der Waals surface area contributed by atoms with E-state index in [2.05, 4.69) is 20.7 Å². The van der Waals surface area contributed by atoms with Gasteiger partial charge in [-0.1, -0.05) is 23.2 Å². The van der Waals surface area contributed by atoms with Crippen LogP contribution < -0.4 is 15.4 Å². The van der Waals surface area contributed by atoms with Crippen molar-refractivity contribution in [2.45, 2.75) is 45.8 Å². The molecule has 2 N–H and O–H groups in total. The monoisotopic (exact) mass is 579 g/mol. The van der Waals surface area contributed by atoms with E-state index in [4.69, 9.17) is 27.9 Å². The number of rotatable bonds is 6. The van der Waals surface area contributed by atoms with Crippen molar-refractivity contribution in [1.29, 1.82) is 0 Å². The minimum Gasteiger partial charge on any atom is -0.472 e. The molecule has 1 aliphatic heterocycles. The number of hydrogen-bond donors (Lipinski definition) is 2. The predicted octanol–water partition coefficient (Wildman–Crippen LogP) is 4.23. The highest BCUT2D eigenvalue weighted by molar-refractivity contribution is 7.91. The Morgan fingerprint density at radius 1 is 1.16 bits per heavy atom. The number of halogens is 2. The van der Waals surface area contributed by atoms with Crippen LogP contribution in [0.3, 0.4) is 0 Å². The minimum atomic E-state index is -3.19. The first-order valence-corrected chi connectivity index (χ1v) is 14.3. The molecule has 2 amide bonds. The third kappa shape index (κ3) is 6.46. The average Bonchev–Trinajstić information content (AvgIpc) is 3.37. The predicted molar refractivity (Wildman–Crippen MR) is 145 cm³/mol. The number of amides is 2. The van der Waals surface area contributed by atoms with E-state index < -0.39 is 33.3 Å². The van der Waals surface area contributed by atoms with Crippen molar-refractivity contribution in [3.8, 4) is 11.7 Å². The van der Waals surface area contributed by atoms with Gasteiger partial charge in [-0.15, -0.1) is 5.10 Å². The fraction of sp³-hybridized carbons (Fsp3) is 0.360. The summed E-state index contributed by atoms with van der Waals surface area (Å²) in [6.07, 6.45) is 1.22. The van der Waals surface area contributed by atoms with Crippen LogP contribution in [0.15, 0.2) is 36.5 Å². The normalized spacial score (nSPS) is 16.7. The van der Waals surface area contributed by atoms with E-state index in [9.17, 15) is 18.0 Å². The van der Waals surface area contributed by atoms with E-state index in [1.54, 1.807) is 25.1 Å². The number of benzene rings is 1. The molecule has 1 aliphatic rings. The number of aromatic nitrogens is 3. The molecular weight excluding hydrogens is 553 g/mol. The number of pyridine rings is 1. The maximum atomic E-state index is 13.6. The van der Waals surface area contributed by atoms with Crippen molar-refractivity contribution in [2.24, 2.45) is 0 Å². The highest BCUT2D eigenvalue weighted by Crippen LogP contribution is 2.29. The Balaban J connectivity index is 1.72. The Kier molecular flexibility index (Phi) is 7.74. The molecular formula is C25H27Cl2N5O5S. The Labute approximate surface area is 230 Å². The first kappa shape index (κ1) is 27.9. The van der Waals surface area contributed by atoms with Crippen LogP contribution >= 0.6 is 23.2 Å². The molecule has 3 heterocycles. The van der Waals surface area contributed by atoms with Crippen LogP contribution in [0.25, 0.3) is 5.82 Å². The van der Waals surface area contributed by atoms with Gasteiger partial charge in [0, 0.05) is 22.8 Å². The van der Waals surface area contributed by atoms with Crippen molar-refractivity contribution in [2.75, 3.05) is 16.8 Å². The molecule has 0 saturated carbocycles. The Morgan fingerprint density at radius 3 is 2.53 bits per heavy atom. The van der Waals surface area contributed by atoms with Crippen molar-refractivity contribution < 1.29 is 22.7 Å². The minimum absolute atomic E-state index is 0.0120. The summed E-state index contributed by atoms with van der Waals surface area (Å²) in [6.45, 7) is 7.24. The number of aryl methyl sites for hydroxylation is 1. The molecule has 0 aliphatic carbocycles. The van der Waals surface area contributed by atoms with Crippen LogP contribution in [0.4, 0.5) is 5.69 Å². The van der Waals surface area contributed by atoms with Gasteiger partial charge in [0.15, 0.2) is 15.7 Å². The van der Waals surface area contributed by atoms with Crippen molar-refractivity contribution in [1.82, 2.24) is 20.1 Å². The van der Waals surface area contributed by atoms with Gasteiger partial charge in [0.05, 0.1) is 27.8 Å². The van der Waals surface area contributed by atoms with E-state index in [0.717, 1.165) is 0 Å². The zero-order chi connectivity index (χ0) is 27.8. The number of hydrogen-bond acceptors (Lipinski definition) is 7. The summed E-state index contributed by atoms with van der Waals surface area (Å²) in [7, 11) is -3.19. The number of sulfone groups is 1. The first-order chi connectivity index (χ1) is 17.7. The first-order valence-electron chi connectivity index (χ1n) is 11.7. The van der Waals surface area contributed by atoms with Crippen molar-refractivity contribution in [3.05, 3.63) is 63.4 Å². The van der Waals surface area contributed by atoms with Crippen LogP contribution in [0.1, 0.15) is 53.6 Å². The number of carbonyl (C=O) groups excluding carboxylic acids is 2. The fourth-order valence-electron chi connectivity index (χ4n) is 3.97. The zero-order valence-electron chi connectivity index (χ0n) is 21.2. The Morgan fingerprint density at radius 2 is 1.89 bits per heavy atom. The topological polar surface area (TPSA) is 132 Å². The van der Waals surface area contributed by atoms with Crippen LogP contribution in [-0.4, -0.2) is 58.1 Å². The van der Waals surface area contributed by atoms with Gasteiger partial charge in [-0.25, -0.2) is 18.1 Å². The highest BCUT2D eigenvalue weighted by Gasteiger charge is 2.31. The van der Waals surface area contributed by atoms with Gasteiger partial charge < -0.3 is 15.4 Å². The highest BCUT2D eigenvalue weighted by atomic mass is 35.5. The van der Waals surface area contributed by atoms with Gasteiger partial charge in [-0.05, 0) is 63.9 Å². The van der Waals surface area contributed by atoms with Crippen LogP contribution in [0.2, 0.25) is 10.0 Å². The molecule has 202 valence electrons. The molecule has 1 unspecified atom stereocenters. The summed E-state index contributed by atoms with van der Waals surface area (Å²) >= 11 is 12.6. The number of nitrogens with one attached hydrogen (secondary N) is 2. The lowest BCUT2D eigenvalue weighted by molar-refractivity contribution is 0.0920.